The SMILES string of the molecule is Cc1ccnc2cnc(C(C)C)nc12. The molecule has 72 valence electrons. The summed E-state index contributed by atoms with van der Waals surface area (Å²) in [6.45, 7) is 6.22. The van der Waals surface area contributed by atoms with Gasteiger partial charge < -0.3 is 0 Å². The number of nitrogens with zero attached hydrogens (tertiary/aromatic N) is 3. The van der Waals surface area contributed by atoms with E-state index in [0.717, 1.165) is 22.4 Å². The Balaban J connectivity index is 2.70. The molecule has 2 heterocycles. The number of fused-ring (bicyclic) bond motifs is 1. The Bertz CT molecular complexity index is 463. The van der Waals surface area contributed by atoms with Gasteiger partial charge in [0.05, 0.1) is 11.7 Å². The zero-order valence-electron chi connectivity index (χ0n) is 8.65. The molecule has 2 aromatic heterocycles. The minimum absolute atomic E-state index is 0.360. The van der Waals surface area contributed by atoms with Gasteiger partial charge in [0.2, 0.25) is 0 Å². The molecule has 0 aromatic carbocycles. The van der Waals surface area contributed by atoms with Gasteiger partial charge >= 0.3 is 0 Å². The molecule has 0 aliphatic heterocycles. The van der Waals surface area contributed by atoms with E-state index in [1.54, 1.807) is 12.4 Å². The Morgan fingerprint density at radius 1 is 1.21 bits per heavy atom. The third-order valence-electron chi connectivity index (χ3n) is 2.22. The van der Waals surface area contributed by atoms with Crippen molar-refractivity contribution in [3.05, 3.63) is 29.8 Å². The average molecular weight is 187 g/mol. The van der Waals surface area contributed by atoms with E-state index in [2.05, 4.69) is 28.8 Å². The van der Waals surface area contributed by atoms with Crippen molar-refractivity contribution < 1.29 is 0 Å². The van der Waals surface area contributed by atoms with Crippen LogP contribution < -0.4 is 0 Å². The Kier molecular flexibility index (Phi) is 2.15. The molecule has 0 fully saturated rings. The first-order valence-electron chi connectivity index (χ1n) is 4.76. The van der Waals surface area contributed by atoms with Gasteiger partial charge in [0, 0.05) is 12.1 Å². The molecular formula is C11H13N3. The van der Waals surface area contributed by atoms with Crippen LogP contribution in [0.5, 0.6) is 0 Å². The lowest BCUT2D eigenvalue weighted by Gasteiger charge is -2.05. The van der Waals surface area contributed by atoms with Crippen LogP contribution in [0.4, 0.5) is 0 Å². The Hall–Kier alpha value is -1.51. The number of aromatic nitrogens is 3. The van der Waals surface area contributed by atoms with Crippen LogP contribution >= 0.6 is 0 Å². The lowest BCUT2D eigenvalue weighted by Crippen LogP contribution is -1.98. The summed E-state index contributed by atoms with van der Waals surface area (Å²) in [7, 11) is 0. The maximum absolute atomic E-state index is 4.50. The molecule has 2 rings (SSSR count). The maximum atomic E-state index is 4.50. The summed E-state index contributed by atoms with van der Waals surface area (Å²) >= 11 is 0. The lowest BCUT2D eigenvalue weighted by molar-refractivity contribution is 0.781. The van der Waals surface area contributed by atoms with Crippen molar-refractivity contribution in [2.75, 3.05) is 0 Å². The number of aryl methyl sites for hydroxylation is 1. The van der Waals surface area contributed by atoms with Crippen LogP contribution in [0.1, 0.15) is 31.2 Å². The highest BCUT2D eigenvalue weighted by Gasteiger charge is 2.05. The average Bonchev–Trinajstić information content (AvgIpc) is 2.18. The van der Waals surface area contributed by atoms with E-state index in [1.807, 2.05) is 13.0 Å². The monoisotopic (exact) mass is 187 g/mol. The van der Waals surface area contributed by atoms with Crippen LogP contribution in [0.2, 0.25) is 0 Å². The second-order valence-corrected chi connectivity index (χ2v) is 3.74. The lowest BCUT2D eigenvalue weighted by atomic mass is 10.2. The van der Waals surface area contributed by atoms with Gasteiger partial charge in [0.25, 0.3) is 0 Å². The van der Waals surface area contributed by atoms with Gasteiger partial charge in [-0.15, -0.1) is 0 Å². The number of hydrogen-bond donors (Lipinski definition) is 0. The molecule has 0 saturated heterocycles. The number of hydrogen-bond acceptors (Lipinski definition) is 3. The van der Waals surface area contributed by atoms with Crippen molar-refractivity contribution in [3.8, 4) is 0 Å². The molecule has 0 spiro atoms. The van der Waals surface area contributed by atoms with E-state index in [1.165, 1.54) is 0 Å². The topological polar surface area (TPSA) is 38.7 Å². The van der Waals surface area contributed by atoms with Gasteiger partial charge in [-0.1, -0.05) is 13.8 Å². The van der Waals surface area contributed by atoms with Crippen LogP contribution in [0, 0.1) is 6.92 Å². The van der Waals surface area contributed by atoms with Crippen molar-refractivity contribution in [2.45, 2.75) is 26.7 Å². The summed E-state index contributed by atoms with van der Waals surface area (Å²) < 4.78 is 0. The molecule has 0 atom stereocenters. The van der Waals surface area contributed by atoms with Gasteiger partial charge in [0.15, 0.2) is 0 Å². The fourth-order valence-electron chi connectivity index (χ4n) is 1.36. The van der Waals surface area contributed by atoms with Crippen molar-refractivity contribution in [3.63, 3.8) is 0 Å². The van der Waals surface area contributed by atoms with Crippen LogP contribution in [0.3, 0.4) is 0 Å². The van der Waals surface area contributed by atoms with Gasteiger partial charge in [-0.3, -0.25) is 4.98 Å². The van der Waals surface area contributed by atoms with Gasteiger partial charge in [-0.25, -0.2) is 9.97 Å². The summed E-state index contributed by atoms with van der Waals surface area (Å²) in [5.41, 5.74) is 2.99. The fraction of sp³-hybridized carbons (Fsp3) is 0.364. The van der Waals surface area contributed by atoms with E-state index in [9.17, 15) is 0 Å². The zero-order chi connectivity index (χ0) is 10.1. The van der Waals surface area contributed by atoms with E-state index in [4.69, 9.17) is 0 Å². The van der Waals surface area contributed by atoms with Crippen LogP contribution in [0.25, 0.3) is 11.0 Å². The minimum atomic E-state index is 0.360. The quantitative estimate of drug-likeness (QED) is 0.688. The van der Waals surface area contributed by atoms with Crippen LogP contribution in [0.15, 0.2) is 18.5 Å². The first-order valence-corrected chi connectivity index (χ1v) is 4.76. The highest BCUT2D eigenvalue weighted by molar-refractivity contribution is 5.76. The first kappa shape index (κ1) is 9.06. The molecule has 0 amide bonds. The molecule has 2 aromatic rings. The van der Waals surface area contributed by atoms with Crippen molar-refractivity contribution >= 4 is 11.0 Å². The summed E-state index contributed by atoms with van der Waals surface area (Å²) in [5.74, 6) is 1.24. The highest BCUT2D eigenvalue weighted by Crippen LogP contribution is 2.15. The second kappa shape index (κ2) is 3.33. The number of rotatable bonds is 1. The normalized spacial score (nSPS) is 11.1. The molecule has 3 nitrogen and oxygen atoms in total. The zero-order valence-corrected chi connectivity index (χ0v) is 8.65. The standard InChI is InChI=1S/C11H13N3/c1-7(2)11-13-6-9-10(14-11)8(3)4-5-12-9/h4-7H,1-3H3. The van der Waals surface area contributed by atoms with Crippen LogP contribution in [-0.4, -0.2) is 15.0 Å². The molecule has 0 saturated carbocycles. The predicted molar refractivity (Wildman–Crippen MR) is 56.2 cm³/mol. The Morgan fingerprint density at radius 2 is 2.00 bits per heavy atom. The Morgan fingerprint density at radius 3 is 2.71 bits per heavy atom. The smallest absolute Gasteiger partial charge is 0.131 e. The van der Waals surface area contributed by atoms with E-state index in [-0.39, 0.29) is 0 Å². The third-order valence-corrected chi connectivity index (χ3v) is 2.22. The second-order valence-electron chi connectivity index (χ2n) is 3.74. The van der Waals surface area contributed by atoms with E-state index >= 15 is 0 Å². The molecular weight excluding hydrogens is 174 g/mol. The summed E-state index contributed by atoms with van der Waals surface area (Å²) in [6.07, 6.45) is 3.58. The predicted octanol–water partition coefficient (Wildman–Crippen LogP) is 2.46. The number of pyridine rings is 1. The van der Waals surface area contributed by atoms with E-state index in [0.29, 0.717) is 5.92 Å². The summed E-state index contributed by atoms with van der Waals surface area (Å²) in [5, 5.41) is 0. The van der Waals surface area contributed by atoms with Gasteiger partial charge in [0.1, 0.15) is 11.3 Å². The van der Waals surface area contributed by atoms with Crippen molar-refractivity contribution in [2.24, 2.45) is 0 Å². The molecule has 0 aliphatic carbocycles. The first-order chi connectivity index (χ1) is 6.68. The maximum Gasteiger partial charge on any atom is 0.131 e. The molecule has 0 N–H and O–H groups in total. The molecule has 0 radical (unpaired) electrons. The van der Waals surface area contributed by atoms with Gasteiger partial charge in [-0.2, -0.15) is 0 Å². The summed E-state index contributed by atoms with van der Waals surface area (Å²) in [4.78, 5) is 13.0. The largest absolute Gasteiger partial charge is 0.253 e. The van der Waals surface area contributed by atoms with Crippen molar-refractivity contribution in [1.82, 2.24) is 15.0 Å². The molecule has 0 unspecified atom stereocenters. The molecule has 0 aliphatic rings. The highest BCUT2D eigenvalue weighted by atomic mass is 14.9. The minimum Gasteiger partial charge on any atom is -0.253 e. The fourth-order valence-corrected chi connectivity index (χ4v) is 1.36. The molecule has 3 heteroatoms. The van der Waals surface area contributed by atoms with E-state index < -0.39 is 0 Å². The van der Waals surface area contributed by atoms with Crippen molar-refractivity contribution in [1.29, 1.82) is 0 Å². The molecule has 14 heavy (non-hydrogen) atoms. The Labute approximate surface area is 83.2 Å². The van der Waals surface area contributed by atoms with Crippen LogP contribution in [-0.2, 0) is 0 Å². The third kappa shape index (κ3) is 1.45. The molecule has 0 bridgehead atoms. The summed E-state index contributed by atoms with van der Waals surface area (Å²) in [6, 6.07) is 1.97. The van der Waals surface area contributed by atoms with Gasteiger partial charge in [-0.05, 0) is 18.6 Å².